The van der Waals surface area contributed by atoms with Gasteiger partial charge < -0.3 is 10.1 Å². The molecule has 1 N–H and O–H groups in total. The number of amides is 2. The Morgan fingerprint density at radius 3 is 2.28 bits per heavy atom. The normalized spacial score (nSPS) is 14.3. The van der Waals surface area contributed by atoms with Crippen LogP contribution in [0.5, 0.6) is 5.75 Å². The maximum absolute atomic E-state index is 13.4. The van der Waals surface area contributed by atoms with Crippen molar-refractivity contribution in [1.82, 2.24) is 0 Å². The second kappa shape index (κ2) is 8.45. The van der Waals surface area contributed by atoms with Crippen LogP contribution in [0.15, 0.2) is 65.7 Å². The third-order valence-corrected chi connectivity index (χ3v) is 6.45. The van der Waals surface area contributed by atoms with Crippen molar-refractivity contribution in [2.24, 2.45) is 0 Å². The number of benzene rings is 2. The molecule has 1 aliphatic heterocycles. The summed E-state index contributed by atoms with van der Waals surface area (Å²) in [7, 11) is 1.54. The Labute approximate surface area is 196 Å². The minimum absolute atomic E-state index is 0.0295. The van der Waals surface area contributed by atoms with Gasteiger partial charge in [-0.15, -0.1) is 11.3 Å². The van der Waals surface area contributed by atoms with Crippen LogP contribution in [-0.4, -0.2) is 18.9 Å². The van der Waals surface area contributed by atoms with E-state index in [-0.39, 0.29) is 17.0 Å². The number of anilines is 2. The molecule has 1 aromatic heterocycles. The van der Waals surface area contributed by atoms with Crippen LogP contribution in [-0.2, 0) is 15.0 Å². The molecule has 0 radical (unpaired) electrons. The predicted molar refractivity (Wildman–Crippen MR) is 131 cm³/mol. The smallest absolute Gasteiger partial charge is 0.282 e. The Balaban J connectivity index is 1.74. The van der Waals surface area contributed by atoms with E-state index in [4.69, 9.17) is 16.3 Å². The summed E-state index contributed by atoms with van der Waals surface area (Å²) in [5, 5.41) is 5.40. The lowest BCUT2D eigenvalue weighted by Gasteiger charge is -2.21. The number of nitrogens with one attached hydrogen (secondary N) is 1. The van der Waals surface area contributed by atoms with Crippen molar-refractivity contribution in [3.05, 3.63) is 81.1 Å². The van der Waals surface area contributed by atoms with E-state index >= 15 is 0 Å². The van der Waals surface area contributed by atoms with Crippen LogP contribution in [0.4, 0.5) is 11.4 Å². The number of imide groups is 1. The lowest BCUT2D eigenvalue weighted by molar-refractivity contribution is -0.120. The van der Waals surface area contributed by atoms with Gasteiger partial charge in [0, 0.05) is 10.6 Å². The molecule has 1 aliphatic rings. The summed E-state index contributed by atoms with van der Waals surface area (Å²) in [6, 6.07) is 16.4. The van der Waals surface area contributed by atoms with Gasteiger partial charge in [-0.3, -0.25) is 9.59 Å². The molecule has 0 bridgehead atoms. The third-order valence-electron chi connectivity index (χ3n) is 5.26. The van der Waals surface area contributed by atoms with Gasteiger partial charge in [-0.25, -0.2) is 4.90 Å². The Kier molecular flexibility index (Phi) is 5.84. The number of carbonyl (C=O) groups excluding carboxylic acids is 2. The molecule has 4 rings (SSSR count). The summed E-state index contributed by atoms with van der Waals surface area (Å²) in [4.78, 5) is 28.8. The van der Waals surface area contributed by atoms with Crippen LogP contribution >= 0.6 is 22.9 Å². The van der Waals surface area contributed by atoms with Gasteiger partial charge in [-0.2, -0.15) is 0 Å². The van der Waals surface area contributed by atoms with Crippen LogP contribution in [0.3, 0.4) is 0 Å². The first-order valence-electron chi connectivity index (χ1n) is 10.1. The van der Waals surface area contributed by atoms with Crippen LogP contribution in [0.2, 0.25) is 5.02 Å². The lowest BCUT2D eigenvalue weighted by atomic mass is 9.87. The maximum atomic E-state index is 13.4. The average molecular weight is 467 g/mol. The quantitative estimate of drug-likeness (QED) is 0.461. The highest BCUT2D eigenvalue weighted by atomic mass is 35.5. The maximum Gasteiger partial charge on any atom is 0.282 e. The van der Waals surface area contributed by atoms with Crippen molar-refractivity contribution in [1.29, 1.82) is 0 Å². The van der Waals surface area contributed by atoms with Gasteiger partial charge in [-0.05, 0) is 52.8 Å². The number of nitrogens with zero attached hydrogens (tertiary/aromatic N) is 1. The van der Waals surface area contributed by atoms with Gasteiger partial charge in [0.15, 0.2) is 0 Å². The van der Waals surface area contributed by atoms with E-state index in [2.05, 4.69) is 26.1 Å². The highest BCUT2D eigenvalue weighted by Crippen LogP contribution is 2.37. The van der Waals surface area contributed by atoms with Crippen LogP contribution in [0.25, 0.3) is 5.57 Å². The van der Waals surface area contributed by atoms with Crippen molar-refractivity contribution in [2.45, 2.75) is 26.2 Å². The number of halogens is 1. The third kappa shape index (κ3) is 4.04. The summed E-state index contributed by atoms with van der Waals surface area (Å²) in [5.74, 6) is -0.240. The minimum Gasteiger partial charge on any atom is -0.495 e. The van der Waals surface area contributed by atoms with E-state index in [1.54, 1.807) is 18.2 Å². The second-order valence-corrected chi connectivity index (χ2v) is 9.80. The molecule has 7 heteroatoms. The number of hydrogen-bond acceptors (Lipinski definition) is 5. The van der Waals surface area contributed by atoms with Gasteiger partial charge in [0.05, 0.1) is 23.4 Å². The number of ether oxygens (including phenoxy) is 1. The highest BCUT2D eigenvalue weighted by Gasteiger charge is 2.40. The zero-order chi connectivity index (χ0) is 23.0. The number of rotatable bonds is 5. The molecule has 0 spiro atoms. The molecule has 0 atom stereocenters. The molecule has 0 saturated carbocycles. The molecule has 32 heavy (non-hydrogen) atoms. The van der Waals surface area contributed by atoms with E-state index < -0.39 is 5.91 Å². The summed E-state index contributed by atoms with van der Waals surface area (Å²) in [6.07, 6.45) is 0. The molecular weight excluding hydrogens is 444 g/mol. The van der Waals surface area contributed by atoms with Crippen molar-refractivity contribution >= 4 is 51.7 Å². The Morgan fingerprint density at radius 2 is 1.72 bits per heavy atom. The van der Waals surface area contributed by atoms with Gasteiger partial charge in [-0.1, -0.05) is 50.6 Å². The van der Waals surface area contributed by atoms with Crippen LogP contribution in [0, 0.1) is 0 Å². The Morgan fingerprint density at radius 1 is 1.00 bits per heavy atom. The van der Waals surface area contributed by atoms with E-state index in [1.165, 1.54) is 23.3 Å². The van der Waals surface area contributed by atoms with E-state index in [0.717, 1.165) is 10.4 Å². The largest absolute Gasteiger partial charge is 0.495 e. The number of hydrogen-bond donors (Lipinski definition) is 1. The fourth-order valence-electron chi connectivity index (χ4n) is 3.53. The molecule has 0 aliphatic carbocycles. The Bertz CT molecular complexity index is 1210. The Hall–Kier alpha value is -3.09. The second-order valence-electron chi connectivity index (χ2n) is 8.44. The number of thiophene rings is 1. The first kappa shape index (κ1) is 22.1. The van der Waals surface area contributed by atoms with E-state index in [9.17, 15) is 9.59 Å². The highest BCUT2D eigenvalue weighted by molar-refractivity contribution is 7.11. The standard InChI is InChI=1S/C25H23ClN2O3S/c1-25(2,3)15-7-10-17(11-8-15)28-23(29)21(20-6-5-13-32-20)22(24(28)30)27-16-9-12-19(31-4)18(26)14-16/h5-14,27H,1-4H3. The molecular formula is C25H23ClN2O3S. The zero-order valence-electron chi connectivity index (χ0n) is 18.2. The monoisotopic (exact) mass is 466 g/mol. The SMILES string of the molecule is COc1ccc(NC2=C(c3cccs3)C(=O)N(c3ccc(C(C)(C)C)cc3)C2=O)cc1Cl. The first-order chi connectivity index (χ1) is 15.2. The van der Waals surface area contributed by atoms with Crippen LogP contribution in [0.1, 0.15) is 31.2 Å². The van der Waals surface area contributed by atoms with Gasteiger partial charge in [0.25, 0.3) is 11.8 Å². The topological polar surface area (TPSA) is 58.6 Å². The molecule has 2 amide bonds. The molecule has 2 heterocycles. The van der Waals surface area contributed by atoms with Crippen molar-refractivity contribution in [3.8, 4) is 5.75 Å². The number of carbonyl (C=O) groups is 2. The van der Waals surface area contributed by atoms with E-state index in [1.807, 2.05) is 41.8 Å². The molecule has 0 unspecified atom stereocenters. The summed E-state index contributed by atoms with van der Waals surface area (Å²) in [5.41, 5.74) is 2.78. The van der Waals surface area contributed by atoms with Crippen molar-refractivity contribution < 1.29 is 14.3 Å². The number of methoxy groups -OCH3 is 1. The average Bonchev–Trinajstić information content (AvgIpc) is 3.35. The fraction of sp³-hybridized carbons (Fsp3) is 0.200. The molecule has 0 saturated heterocycles. The lowest BCUT2D eigenvalue weighted by Crippen LogP contribution is -2.32. The summed E-state index contributed by atoms with van der Waals surface area (Å²) < 4.78 is 5.20. The molecule has 2 aromatic carbocycles. The van der Waals surface area contributed by atoms with Gasteiger partial charge in [0.2, 0.25) is 0 Å². The molecule has 164 valence electrons. The fourth-order valence-corrected chi connectivity index (χ4v) is 4.55. The van der Waals surface area contributed by atoms with E-state index in [0.29, 0.717) is 27.7 Å². The van der Waals surface area contributed by atoms with Gasteiger partial charge >= 0.3 is 0 Å². The summed E-state index contributed by atoms with van der Waals surface area (Å²) in [6.45, 7) is 6.35. The molecule has 0 fully saturated rings. The van der Waals surface area contributed by atoms with Crippen molar-refractivity contribution in [3.63, 3.8) is 0 Å². The first-order valence-corrected chi connectivity index (χ1v) is 11.3. The molecule has 5 nitrogen and oxygen atoms in total. The van der Waals surface area contributed by atoms with Crippen LogP contribution < -0.4 is 15.0 Å². The van der Waals surface area contributed by atoms with Gasteiger partial charge in [0.1, 0.15) is 11.4 Å². The predicted octanol–water partition coefficient (Wildman–Crippen LogP) is 6.10. The van der Waals surface area contributed by atoms with Crippen molar-refractivity contribution in [2.75, 3.05) is 17.3 Å². The zero-order valence-corrected chi connectivity index (χ0v) is 19.8. The molecule has 3 aromatic rings. The summed E-state index contributed by atoms with van der Waals surface area (Å²) >= 11 is 7.66. The minimum atomic E-state index is -0.408.